The number of methoxy groups -OCH3 is 1. The monoisotopic (exact) mass is 484 g/mol. The summed E-state index contributed by atoms with van der Waals surface area (Å²) in [4.78, 5) is 17.1. The average molecular weight is 485 g/mol. The lowest BCUT2D eigenvalue weighted by molar-refractivity contribution is 0.0989. The number of Topliss-reactive ketones (excluding diaryl/α,β-unsaturated/α-hetero) is 1. The highest BCUT2D eigenvalue weighted by Gasteiger charge is 2.22. The number of fused-ring (bicyclic) bond motifs is 1. The van der Waals surface area contributed by atoms with E-state index in [1.807, 2.05) is 0 Å². The minimum atomic E-state index is -3.74. The molecule has 2 aromatic heterocycles. The van der Waals surface area contributed by atoms with Crippen molar-refractivity contribution in [2.75, 3.05) is 30.8 Å². The zero-order valence-electron chi connectivity index (χ0n) is 17.4. The second kappa shape index (κ2) is 10.2. The summed E-state index contributed by atoms with van der Waals surface area (Å²) in [5, 5.41) is 7.20. The van der Waals surface area contributed by atoms with E-state index in [-0.39, 0.29) is 29.5 Å². The van der Waals surface area contributed by atoms with Crippen LogP contribution in [0.4, 0.5) is 10.1 Å². The van der Waals surface area contributed by atoms with Gasteiger partial charge in [0.1, 0.15) is 6.61 Å². The molecule has 0 saturated heterocycles. The van der Waals surface area contributed by atoms with E-state index in [1.54, 1.807) is 20.1 Å². The summed E-state index contributed by atoms with van der Waals surface area (Å²) in [5.41, 5.74) is 0.216. The number of aromatic nitrogens is 3. The highest BCUT2D eigenvalue weighted by Crippen LogP contribution is 2.29. The number of halogens is 2. The number of ether oxygens (including phenoxy) is 2. The molecule has 0 atom stereocenters. The van der Waals surface area contributed by atoms with Crippen LogP contribution in [0.1, 0.15) is 29.3 Å². The Morgan fingerprint density at radius 3 is 2.81 bits per heavy atom. The van der Waals surface area contributed by atoms with E-state index in [0.717, 1.165) is 0 Å². The molecule has 0 radical (unpaired) electrons. The van der Waals surface area contributed by atoms with E-state index in [2.05, 4.69) is 19.9 Å². The Kier molecular flexibility index (Phi) is 7.64. The first kappa shape index (κ1) is 23.9. The number of benzene rings is 1. The van der Waals surface area contributed by atoms with Crippen LogP contribution in [0, 0.1) is 5.82 Å². The van der Waals surface area contributed by atoms with Gasteiger partial charge in [-0.2, -0.15) is 0 Å². The van der Waals surface area contributed by atoms with Gasteiger partial charge in [0.2, 0.25) is 15.9 Å². The zero-order valence-corrected chi connectivity index (χ0v) is 19.0. The Balaban J connectivity index is 1.86. The molecule has 0 fully saturated rings. The number of anilines is 1. The third-order valence-corrected chi connectivity index (χ3v) is 6.23. The Morgan fingerprint density at radius 2 is 2.09 bits per heavy atom. The van der Waals surface area contributed by atoms with E-state index in [0.29, 0.717) is 35.5 Å². The van der Waals surface area contributed by atoms with E-state index in [1.165, 1.54) is 18.3 Å². The fraction of sp³-hybridized carbons (Fsp3) is 0.350. The van der Waals surface area contributed by atoms with Crippen LogP contribution in [0.2, 0.25) is 5.02 Å². The molecule has 0 amide bonds. The van der Waals surface area contributed by atoms with Crippen LogP contribution >= 0.6 is 11.6 Å². The third kappa shape index (κ3) is 5.53. The van der Waals surface area contributed by atoms with Crippen molar-refractivity contribution in [3.05, 3.63) is 46.4 Å². The Bertz CT molecular complexity index is 1230. The number of ketones is 1. The Hall–Kier alpha value is -2.76. The second-order valence-corrected chi connectivity index (χ2v) is 9.16. The predicted molar refractivity (Wildman–Crippen MR) is 118 cm³/mol. The summed E-state index contributed by atoms with van der Waals surface area (Å²) < 4.78 is 51.6. The summed E-state index contributed by atoms with van der Waals surface area (Å²) >= 11 is 6.07. The summed E-state index contributed by atoms with van der Waals surface area (Å²) in [5.74, 6) is -1.53. The van der Waals surface area contributed by atoms with Gasteiger partial charge in [-0.15, -0.1) is 5.10 Å². The second-order valence-electron chi connectivity index (χ2n) is 6.91. The normalized spacial score (nSPS) is 11.6. The molecule has 3 aromatic rings. The van der Waals surface area contributed by atoms with Crippen molar-refractivity contribution in [1.82, 2.24) is 15.2 Å². The van der Waals surface area contributed by atoms with Crippen molar-refractivity contribution in [1.29, 1.82) is 0 Å². The maximum absolute atomic E-state index is 15.0. The number of hydrogen-bond donors (Lipinski definition) is 2. The van der Waals surface area contributed by atoms with Crippen molar-refractivity contribution >= 4 is 44.1 Å². The van der Waals surface area contributed by atoms with Crippen LogP contribution in [-0.2, 0) is 21.2 Å². The molecule has 9 nitrogen and oxygen atoms in total. The SMILES string of the molecule is CCCS(=O)(=O)Nc1ccc(Cl)c(C(=O)Cc2cnc3[nH]nc(OCCOC)c3c2)c1F. The third-order valence-electron chi connectivity index (χ3n) is 4.44. The molecule has 2 N–H and O–H groups in total. The number of nitrogens with one attached hydrogen (secondary N) is 2. The van der Waals surface area contributed by atoms with Crippen molar-refractivity contribution in [3.8, 4) is 5.88 Å². The van der Waals surface area contributed by atoms with Crippen molar-refractivity contribution in [2.45, 2.75) is 19.8 Å². The Morgan fingerprint density at radius 1 is 1.31 bits per heavy atom. The van der Waals surface area contributed by atoms with Crippen LogP contribution < -0.4 is 9.46 Å². The lowest BCUT2D eigenvalue weighted by Gasteiger charge is -2.12. The summed E-state index contributed by atoms with van der Waals surface area (Å²) in [6, 6.07) is 4.12. The minimum Gasteiger partial charge on any atom is -0.474 e. The van der Waals surface area contributed by atoms with Crippen molar-refractivity contribution < 1.29 is 27.1 Å². The molecule has 3 rings (SSSR count). The molecule has 0 aliphatic heterocycles. The van der Waals surface area contributed by atoms with Gasteiger partial charge in [0.25, 0.3) is 0 Å². The molecule has 0 spiro atoms. The predicted octanol–water partition coefficient (Wildman–Crippen LogP) is 3.35. The molecule has 12 heteroatoms. The first-order chi connectivity index (χ1) is 15.3. The van der Waals surface area contributed by atoms with Gasteiger partial charge >= 0.3 is 0 Å². The van der Waals surface area contributed by atoms with Crippen LogP contribution in [0.5, 0.6) is 5.88 Å². The van der Waals surface area contributed by atoms with E-state index in [9.17, 15) is 13.2 Å². The topological polar surface area (TPSA) is 123 Å². The molecule has 0 saturated carbocycles. The van der Waals surface area contributed by atoms with Gasteiger partial charge in [-0.25, -0.2) is 17.8 Å². The number of carbonyl (C=O) groups excluding carboxylic acids is 1. The molecule has 172 valence electrons. The van der Waals surface area contributed by atoms with Crippen LogP contribution in [0.25, 0.3) is 11.0 Å². The van der Waals surface area contributed by atoms with Crippen molar-refractivity contribution in [2.24, 2.45) is 0 Å². The van der Waals surface area contributed by atoms with Gasteiger partial charge in [-0.3, -0.25) is 14.6 Å². The number of nitrogens with zero attached hydrogens (tertiary/aromatic N) is 2. The molecule has 32 heavy (non-hydrogen) atoms. The van der Waals surface area contributed by atoms with Gasteiger partial charge in [-0.05, 0) is 30.2 Å². The lowest BCUT2D eigenvalue weighted by atomic mass is 10.0. The highest BCUT2D eigenvalue weighted by atomic mass is 35.5. The van der Waals surface area contributed by atoms with Crippen LogP contribution in [0.3, 0.4) is 0 Å². The van der Waals surface area contributed by atoms with Crippen molar-refractivity contribution in [3.63, 3.8) is 0 Å². The fourth-order valence-corrected chi connectivity index (χ4v) is 4.38. The quantitative estimate of drug-likeness (QED) is 0.316. The Labute approximate surface area is 189 Å². The van der Waals surface area contributed by atoms with Gasteiger partial charge in [0.15, 0.2) is 17.2 Å². The number of H-pyrrole nitrogens is 1. The summed E-state index contributed by atoms with van der Waals surface area (Å²) in [6.45, 7) is 2.34. The van der Waals surface area contributed by atoms with Gasteiger partial charge < -0.3 is 9.47 Å². The maximum Gasteiger partial charge on any atom is 0.242 e. The maximum atomic E-state index is 15.0. The van der Waals surface area contributed by atoms with E-state index < -0.39 is 27.2 Å². The van der Waals surface area contributed by atoms with Crippen LogP contribution in [-0.4, -0.2) is 55.5 Å². The molecule has 1 aromatic carbocycles. The molecule has 0 bridgehead atoms. The molecular weight excluding hydrogens is 463 g/mol. The number of aromatic amines is 1. The van der Waals surface area contributed by atoms with E-state index in [4.69, 9.17) is 21.1 Å². The number of rotatable bonds is 11. The molecule has 2 heterocycles. The standard InChI is InChI=1S/C20H22ClFN4O5S/c1-3-8-32(28,29)26-15-5-4-14(21)17(18(15)22)16(27)10-12-9-13-19(23-11-12)24-25-20(13)31-7-6-30-2/h4-5,9,11,26H,3,6-8,10H2,1-2H3,(H,23,24,25). The minimum absolute atomic E-state index is 0.119. The average Bonchev–Trinajstić information content (AvgIpc) is 3.13. The van der Waals surface area contributed by atoms with Crippen LogP contribution in [0.15, 0.2) is 24.4 Å². The summed E-state index contributed by atoms with van der Waals surface area (Å²) in [7, 11) is -2.19. The molecule has 0 unspecified atom stereocenters. The first-order valence-corrected chi connectivity index (χ1v) is 11.7. The first-order valence-electron chi connectivity index (χ1n) is 9.72. The van der Waals surface area contributed by atoms with E-state index >= 15 is 4.39 Å². The van der Waals surface area contributed by atoms with Gasteiger partial charge in [0.05, 0.1) is 34.0 Å². The fourth-order valence-electron chi connectivity index (χ4n) is 3.00. The highest BCUT2D eigenvalue weighted by molar-refractivity contribution is 7.92. The molecule has 0 aliphatic rings. The smallest absolute Gasteiger partial charge is 0.242 e. The zero-order chi connectivity index (χ0) is 23.3. The molecule has 0 aliphatic carbocycles. The number of hydrogen-bond acceptors (Lipinski definition) is 7. The lowest BCUT2D eigenvalue weighted by Crippen LogP contribution is -2.18. The largest absolute Gasteiger partial charge is 0.474 e. The van der Waals surface area contributed by atoms with Gasteiger partial charge in [-0.1, -0.05) is 18.5 Å². The number of pyridine rings is 1. The molecular formula is C20H22ClFN4O5S. The van der Waals surface area contributed by atoms with Gasteiger partial charge in [0, 0.05) is 19.7 Å². The summed E-state index contributed by atoms with van der Waals surface area (Å²) in [6.07, 6.45) is 1.60. The number of carbonyl (C=O) groups is 1. The number of sulfonamides is 1.